The van der Waals surface area contributed by atoms with Gasteiger partial charge in [0.2, 0.25) is 0 Å². The van der Waals surface area contributed by atoms with Crippen molar-refractivity contribution in [2.75, 3.05) is 4.90 Å². The third-order valence-corrected chi connectivity index (χ3v) is 9.78. The molecule has 0 fully saturated rings. The van der Waals surface area contributed by atoms with E-state index in [0.717, 1.165) is 17.1 Å². The van der Waals surface area contributed by atoms with Crippen LogP contribution in [0.3, 0.4) is 0 Å². The monoisotopic (exact) mass is 576 g/mol. The topological polar surface area (TPSA) is 8.17 Å². The molecule has 214 valence electrons. The van der Waals surface area contributed by atoms with Crippen molar-refractivity contribution in [3.63, 3.8) is 0 Å². The highest BCUT2D eigenvalue weighted by atomic mass is 15.1. The van der Waals surface area contributed by atoms with Gasteiger partial charge < -0.3 is 9.47 Å². The van der Waals surface area contributed by atoms with E-state index in [1.54, 1.807) is 0 Å². The number of hydrogen-bond acceptors (Lipinski definition) is 1. The van der Waals surface area contributed by atoms with E-state index in [4.69, 9.17) is 0 Å². The van der Waals surface area contributed by atoms with Crippen molar-refractivity contribution >= 4 is 49.6 Å². The first kappa shape index (κ1) is 25.9. The number of hydrogen-bond donors (Lipinski definition) is 0. The number of rotatable bonds is 4. The lowest BCUT2D eigenvalue weighted by atomic mass is 9.82. The molecule has 0 saturated heterocycles. The molecule has 1 aromatic heterocycles. The predicted octanol–water partition coefficient (Wildman–Crippen LogP) is 11.7. The number of aromatic nitrogens is 1. The van der Waals surface area contributed by atoms with Gasteiger partial charge in [-0.2, -0.15) is 0 Å². The lowest BCUT2D eigenvalue weighted by Crippen LogP contribution is -2.16. The van der Waals surface area contributed by atoms with Crippen LogP contribution >= 0.6 is 0 Å². The Hall–Kier alpha value is -5.60. The van der Waals surface area contributed by atoms with Crippen molar-refractivity contribution in [2.24, 2.45) is 0 Å². The smallest absolute Gasteiger partial charge is 0.0541 e. The van der Waals surface area contributed by atoms with Crippen molar-refractivity contribution in [3.8, 4) is 16.8 Å². The Kier molecular flexibility index (Phi) is 5.58. The Morgan fingerprint density at radius 1 is 0.444 bits per heavy atom. The van der Waals surface area contributed by atoms with Crippen LogP contribution in [0.15, 0.2) is 158 Å². The summed E-state index contributed by atoms with van der Waals surface area (Å²) in [6, 6.07) is 57.6. The fraction of sp³-hybridized carbons (Fsp3) is 0.0698. The van der Waals surface area contributed by atoms with Crippen LogP contribution in [0.1, 0.15) is 25.0 Å². The van der Waals surface area contributed by atoms with Gasteiger partial charge >= 0.3 is 0 Å². The summed E-state index contributed by atoms with van der Waals surface area (Å²) < 4.78 is 2.43. The molecule has 1 aliphatic carbocycles. The summed E-state index contributed by atoms with van der Waals surface area (Å²) in [5.74, 6) is 0. The van der Waals surface area contributed by atoms with Crippen molar-refractivity contribution in [2.45, 2.75) is 19.3 Å². The number of fused-ring (bicyclic) bond motifs is 7. The second kappa shape index (κ2) is 9.70. The Bertz CT molecular complexity index is 2360. The first-order chi connectivity index (χ1) is 22.1. The summed E-state index contributed by atoms with van der Waals surface area (Å²) in [4.78, 5) is 2.43. The minimum atomic E-state index is -0.0766. The molecule has 0 N–H and O–H groups in total. The predicted molar refractivity (Wildman–Crippen MR) is 191 cm³/mol. The highest BCUT2D eigenvalue weighted by molar-refractivity contribution is 6.11. The van der Waals surface area contributed by atoms with Gasteiger partial charge in [-0.1, -0.05) is 123 Å². The summed E-state index contributed by atoms with van der Waals surface area (Å²) in [5, 5.41) is 4.97. The average Bonchev–Trinajstić information content (AvgIpc) is 3.54. The first-order valence-electron chi connectivity index (χ1n) is 15.7. The average molecular weight is 577 g/mol. The van der Waals surface area contributed by atoms with Gasteiger partial charge in [0.15, 0.2) is 0 Å². The number of para-hydroxylation sites is 3. The van der Waals surface area contributed by atoms with Crippen LogP contribution in [0, 0.1) is 0 Å². The number of nitrogens with zero attached hydrogens (tertiary/aromatic N) is 2. The van der Waals surface area contributed by atoms with E-state index >= 15 is 0 Å². The minimum Gasteiger partial charge on any atom is -0.310 e. The molecule has 9 rings (SSSR count). The van der Waals surface area contributed by atoms with Gasteiger partial charge in [-0.25, -0.2) is 0 Å². The van der Waals surface area contributed by atoms with E-state index in [0.29, 0.717) is 0 Å². The molecule has 0 saturated carbocycles. The molecule has 45 heavy (non-hydrogen) atoms. The van der Waals surface area contributed by atoms with E-state index in [1.807, 2.05) is 0 Å². The Morgan fingerprint density at radius 3 is 1.82 bits per heavy atom. The molecular formula is C43H32N2. The quantitative estimate of drug-likeness (QED) is 0.202. The van der Waals surface area contributed by atoms with E-state index in [9.17, 15) is 0 Å². The van der Waals surface area contributed by atoms with Crippen LogP contribution < -0.4 is 4.90 Å². The molecule has 0 atom stereocenters. The molecule has 0 radical (unpaired) electrons. The fourth-order valence-electron chi connectivity index (χ4n) is 7.68. The molecule has 2 nitrogen and oxygen atoms in total. The van der Waals surface area contributed by atoms with Crippen LogP contribution in [0.4, 0.5) is 17.1 Å². The third-order valence-electron chi connectivity index (χ3n) is 9.78. The first-order valence-corrected chi connectivity index (χ1v) is 15.7. The van der Waals surface area contributed by atoms with Crippen molar-refractivity contribution < 1.29 is 0 Å². The molecule has 8 aromatic rings. The van der Waals surface area contributed by atoms with Gasteiger partial charge in [0.25, 0.3) is 0 Å². The molecule has 1 heterocycles. The normalized spacial score (nSPS) is 13.3. The van der Waals surface area contributed by atoms with Crippen molar-refractivity contribution in [1.29, 1.82) is 0 Å². The molecule has 0 amide bonds. The SMILES string of the molecule is CC1(C)c2ccccc2-c2ccc(N(c3ccccc3)c3cccc4c(-n5c6ccccc6c6ccccc65)cccc34)cc21. The second-order valence-corrected chi connectivity index (χ2v) is 12.6. The summed E-state index contributed by atoms with van der Waals surface area (Å²) in [5.41, 5.74) is 12.4. The third kappa shape index (κ3) is 3.76. The molecule has 7 aromatic carbocycles. The van der Waals surface area contributed by atoms with Crippen LogP contribution in [0.25, 0.3) is 49.4 Å². The van der Waals surface area contributed by atoms with E-state index < -0.39 is 0 Å². The van der Waals surface area contributed by atoms with E-state index in [2.05, 4.69) is 181 Å². The molecule has 0 unspecified atom stereocenters. The van der Waals surface area contributed by atoms with Gasteiger partial charge in [0.1, 0.15) is 0 Å². The van der Waals surface area contributed by atoms with Gasteiger partial charge in [-0.3, -0.25) is 0 Å². The van der Waals surface area contributed by atoms with Crippen LogP contribution in [0.5, 0.6) is 0 Å². The standard InChI is InChI=1S/C43H32N2/c1-43(2)37-21-9-6-16-31(37)32-27-26-30(28-38(32)43)44(29-14-4-3-5-15-29)39-24-12-20-36-35(39)19-13-25-42(36)45-40-22-10-7-17-33(40)34-18-8-11-23-41(34)45/h3-28H,1-2H3. The largest absolute Gasteiger partial charge is 0.310 e. The summed E-state index contributed by atoms with van der Waals surface area (Å²) >= 11 is 0. The Labute approximate surface area is 263 Å². The zero-order valence-corrected chi connectivity index (χ0v) is 25.4. The van der Waals surface area contributed by atoms with Crippen LogP contribution in [-0.4, -0.2) is 4.57 Å². The van der Waals surface area contributed by atoms with Crippen LogP contribution in [0.2, 0.25) is 0 Å². The lowest BCUT2D eigenvalue weighted by Gasteiger charge is -2.29. The summed E-state index contributed by atoms with van der Waals surface area (Å²) in [6.45, 7) is 4.70. The zero-order chi connectivity index (χ0) is 30.1. The molecule has 1 aliphatic rings. The van der Waals surface area contributed by atoms with Crippen molar-refractivity contribution in [1.82, 2.24) is 4.57 Å². The lowest BCUT2D eigenvalue weighted by molar-refractivity contribution is 0.660. The highest BCUT2D eigenvalue weighted by Crippen LogP contribution is 2.51. The molecular weight excluding hydrogens is 544 g/mol. The van der Waals surface area contributed by atoms with E-state index in [1.165, 1.54) is 60.5 Å². The summed E-state index contributed by atoms with van der Waals surface area (Å²) in [6.07, 6.45) is 0. The van der Waals surface area contributed by atoms with Gasteiger partial charge in [-0.15, -0.1) is 0 Å². The molecule has 0 spiro atoms. The maximum atomic E-state index is 2.43. The number of anilines is 3. The Balaban J connectivity index is 1.29. The zero-order valence-electron chi connectivity index (χ0n) is 25.4. The minimum absolute atomic E-state index is 0.0766. The molecule has 0 bridgehead atoms. The van der Waals surface area contributed by atoms with Gasteiger partial charge in [0.05, 0.1) is 22.4 Å². The van der Waals surface area contributed by atoms with Gasteiger partial charge in [0, 0.05) is 38.3 Å². The molecule has 2 heteroatoms. The highest BCUT2D eigenvalue weighted by Gasteiger charge is 2.35. The maximum Gasteiger partial charge on any atom is 0.0541 e. The fourth-order valence-corrected chi connectivity index (χ4v) is 7.68. The van der Waals surface area contributed by atoms with Crippen LogP contribution in [-0.2, 0) is 5.41 Å². The molecule has 0 aliphatic heterocycles. The second-order valence-electron chi connectivity index (χ2n) is 12.6. The maximum absolute atomic E-state index is 2.43. The Morgan fingerprint density at radius 2 is 1.04 bits per heavy atom. The summed E-state index contributed by atoms with van der Waals surface area (Å²) in [7, 11) is 0. The number of benzene rings is 7. The van der Waals surface area contributed by atoms with E-state index in [-0.39, 0.29) is 5.41 Å². The van der Waals surface area contributed by atoms with Crippen molar-refractivity contribution in [3.05, 3.63) is 169 Å². The van der Waals surface area contributed by atoms with Gasteiger partial charge in [-0.05, 0) is 70.8 Å².